The van der Waals surface area contributed by atoms with Crippen LogP contribution in [-0.4, -0.2) is 5.92 Å². The van der Waals surface area contributed by atoms with E-state index in [4.69, 9.17) is 0 Å². The molecule has 0 aromatic carbocycles. The highest BCUT2D eigenvalue weighted by molar-refractivity contribution is 4.65. The van der Waals surface area contributed by atoms with E-state index in [-0.39, 0.29) is 12.8 Å². The van der Waals surface area contributed by atoms with Crippen molar-refractivity contribution >= 4 is 0 Å². The van der Waals surface area contributed by atoms with Crippen molar-refractivity contribution in [2.75, 3.05) is 0 Å². The fourth-order valence-corrected chi connectivity index (χ4v) is 0.749. The van der Waals surface area contributed by atoms with Crippen molar-refractivity contribution in [3.8, 4) is 0 Å². The van der Waals surface area contributed by atoms with E-state index in [0.717, 1.165) is 0 Å². The van der Waals surface area contributed by atoms with Crippen LogP contribution in [0.5, 0.6) is 0 Å². The number of halogens is 2. The molecule has 0 heterocycles. The Morgan fingerprint density at radius 2 is 1.89 bits per heavy atom. The third-order valence-corrected chi connectivity index (χ3v) is 1.16. The molecule has 0 rings (SSSR count). The van der Waals surface area contributed by atoms with Gasteiger partial charge in [0.1, 0.15) is 0 Å². The maximum Gasteiger partial charge on any atom is 0.248 e. The Hall–Kier alpha value is -0.140. The van der Waals surface area contributed by atoms with Gasteiger partial charge in [-0.2, -0.15) is 0 Å². The minimum absolute atomic E-state index is 0.00250. The molecule has 0 aliphatic rings. The van der Waals surface area contributed by atoms with E-state index < -0.39 is 5.92 Å². The summed E-state index contributed by atoms with van der Waals surface area (Å²) < 4.78 is 24.8. The summed E-state index contributed by atoms with van der Waals surface area (Å²) in [5, 5.41) is 0. The smallest absolute Gasteiger partial charge is 0.207 e. The Labute approximate surface area is 55.3 Å². The zero-order valence-corrected chi connectivity index (χ0v) is 5.79. The van der Waals surface area contributed by atoms with Gasteiger partial charge in [-0.15, -0.1) is 0 Å². The van der Waals surface area contributed by atoms with Crippen LogP contribution in [0.15, 0.2) is 0 Å². The van der Waals surface area contributed by atoms with E-state index in [1.807, 2.05) is 0 Å². The van der Waals surface area contributed by atoms with Crippen molar-refractivity contribution in [2.45, 2.75) is 38.5 Å². The predicted octanol–water partition coefficient (Wildman–Crippen LogP) is 3.04. The fourth-order valence-electron chi connectivity index (χ4n) is 0.749. The SMILES string of the molecule is [CH2]CCC(F)(F)CCC. The van der Waals surface area contributed by atoms with Crippen molar-refractivity contribution < 1.29 is 8.78 Å². The summed E-state index contributed by atoms with van der Waals surface area (Å²) in [6.07, 6.45) is 0.809. The summed E-state index contributed by atoms with van der Waals surface area (Å²) in [5.41, 5.74) is 0. The highest BCUT2D eigenvalue weighted by Gasteiger charge is 2.25. The molecule has 0 fully saturated rings. The third kappa shape index (κ3) is 4.37. The summed E-state index contributed by atoms with van der Waals surface area (Å²) in [4.78, 5) is 0. The van der Waals surface area contributed by atoms with Gasteiger partial charge in [-0.1, -0.05) is 20.3 Å². The van der Waals surface area contributed by atoms with Gasteiger partial charge in [0.2, 0.25) is 5.92 Å². The van der Waals surface area contributed by atoms with E-state index in [0.29, 0.717) is 12.8 Å². The van der Waals surface area contributed by atoms with E-state index in [1.165, 1.54) is 0 Å². The first-order valence-corrected chi connectivity index (χ1v) is 3.29. The van der Waals surface area contributed by atoms with E-state index in [2.05, 4.69) is 6.92 Å². The number of hydrogen-bond acceptors (Lipinski definition) is 0. The first kappa shape index (κ1) is 8.86. The van der Waals surface area contributed by atoms with Gasteiger partial charge in [0, 0.05) is 12.8 Å². The van der Waals surface area contributed by atoms with Crippen molar-refractivity contribution in [2.24, 2.45) is 0 Å². The minimum atomic E-state index is -2.46. The Balaban J connectivity index is 3.43. The Morgan fingerprint density at radius 1 is 1.33 bits per heavy atom. The van der Waals surface area contributed by atoms with Crippen molar-refractivity contribution in [3.63, 3.8) is 0 Å². The zero-order valence-electron chi connectivity index (χ0n) is 5.79. The summed E-state index contributed by atoms with van der Waals surface area (Å²) in [6.45, 7) is 5.13. The molecular weight excluding hydrogens is 122 g/mol. The van der Waals surface area contributed by atoms with Gasteiger partial charge in [0.15, 0.2) is 0 Å². The fraction of sp³-hybridized carbons (Fsp3) is 0.857. The molecule has 2 heteroatoms. The van der Waals surface area contributed by atoms with Crippen molar-refractivity contribution in [3.05, 3.63) is 6.92 Å². The zero-order chi connectivity index (χ0) is 7.33. The van der Waals surface area contributed by atoms with Gasteiger partial charge in [-0.3, -0.25) is 0 Å². The summed E-state index contributed by atoms with van der Waals surface area (Å²) >= 11 is 0. The largest absolute Gasteiger partial charge is 0.248 e. The Morgan fingerprint density at radius 3 is 2.22 bits per heavy atom. The van der Waals surface area contributed by atoms with E-state index in [1.54, 1.807) is 6.92 Å². The van der Waals surface area contributed by atoms with Gasteiger partial charge in [0.05, 0.1) is 0 Å². The number of alkyl halides is 2. The molecule has 55 valence electrons. The monoisotopic (exact) mass is 135 g/mol. The lowest BCUT2D eigenvalue weighted by atomic mass is 10.1. The van der Waals surface area contributed by atoms with Crippen LogP contribution in [0.1, 0.15) is 32.6 Å². The molecule has 0 spiro atoms. The van der Waals surface area contributed by atoms with Crippen molar-refractivity contribution in [1.29, 1.82) is 0 Å². The average molecular weight is 135 g/mol. The van der Waals surface area contributed by atoms with Crippen LogP contribution < -0.4 is 0 Å². The van der Waals surface area contributed by atoms with Crippen LogP contribution in [0.2, 0.25) is 0 Å². The minimum Gasteiger partial charge on any atom is -0.207 e. The number of hydrogen-bond donors (Lipinski definition) is 0. The van der Waals surface area contributed by atoms with Gasteiger partial charge in [0.25, 0.3) is 0 Å². The Kier molecular flexibility index (Phi) is 3.75. The van der Waals surface area contributed by atoms with Gasteiger partial charge < -0.3 is 0 Å². The molecule has 0 nitrogen and oxygen atoms in total. The quantitative estimate of drug-likeness (QED) is 0.555. The first-order chi connectivity index (χ1) is 4.12. The van der Waals surface area contributed by atoms with Crippen LogP contribution in [0.25, 0.3) is 0 Å². The second kappa shape index (κ2) is 3.80. The van der Waals surface area contributed by atoms with E-state index in [9.17, 15) is 8.78 Å². The van der Waals surface area contributed by atoms with E-state index >= 15 is 0 Å². The molecule has 0 saturated heterocycles. The molecular formula is C7H13F2. The second-order valence-corrected chi connectivity index (χ2v) is 2.21. The highest BCUT2D eigenvalue weighted by atomic mass is 19.3. The number of rotatable bonds is 4. The van der Waals surface area contributed by atoms with Gasteiger partial charge >= 0.3 is 0 Å². The lowest BCUT2D eigenvalue weighted by Crippen LogP contribution is -2.14. The van der Waals surface area contributed by atoms with Gasteiger partial charge in [-0.25, -0.2) is 8.78 Å². The molecule has 0 atom stereocenters. The molecule has 0 saturated carbocycles. The average Bonchev–Trinajstić information content (AvgIpc) is 1.64. The molecule has 1 radical (unpaired) electrons. The van der Waals surface area contributed by atoms with Crippen LogP contribution in [-0.2, 0) is 0 Å². The predicted molar refractivity (Wildman–Crippen MR) is 34.4 cm³/mol. The van der Waals surface area contributed by atoms with Crippen molar-refractivity contribution in [1.82, 2.24) is 0 Å². The molecule has 0 aromatic heterocycles. The van der Waals surface area contributed by atoms with Gasteiger partial charge in [-0.05, 0) is 6.42 Å². The Bertz CT molecular complexity index is 61.3. The third-order valence-electron chi connectivity index (χ3n) is 1.16. The summed E-state index contributed by atoms with van der Waals surface area (Å²) in [6, 6.07) is 0. The molecule has 0 unspecified atom stereocenters. The van der Waals surface area contributed by atoms with Crippen LogP contribution >= 0.6 is 0 Å². The molecule has 0 aromatic rings. The second-order valence-electron chi connectivity index (χ2n) is 2.21. The maximum atomic E-state index is 12.4. The molecule has 0 N–H and O–H groups in total. The molecule has 0 amide bonds. The topological polar surface area (TPSA) is 0 Å². The molecule has 0 bridgehead atoms. The molecule has 0 aliphatic carbocycles. The standard InChI is InChI=1S/C7H13F2/c1-3-5-7(8,9)6-4-2/h1,3-6H2,2H3. The molecule has 0 aliphatic heterocycles. The van der Waals surface area contributed by atoms with Crippen LogP contribution in [0.3, 0.4) is 0 Å². The highest BCUT2D eigenvalue weighted by Crippen LogP contribution is 2.25. The lowest BCUT2D eigenvalue weighted by Gasteiger charge is -2.12. The van der Waals surface area contributed by atoms with Crippen LogP contribution in [0.4, 0.5) is 8.78 Å². The molecule has 9 heavy (non-hydrogen) atoms. The first-order valence-electron chi connectivity index (χ1n) is 3.29. The normalized spacial score (nSPS) is 12.0. The summed E-state index contributed by atoms with van der Waals surface area (Å²) in [7, 11) is 0. The van der Waals surface area contributed by atoms with Crippen LogP contribution in [0, 0.1) is 6.92 Å². The maximum absolute atomic E-state index is 12.4. The summed E-state index contributed by atoms with van der Waals surface area (Å²) in [5.74, 6) is -2.46. The lowest BCUT2D eigenvalue weighted by molar-refractivity contribution is -0.0159.